The van der Waals surface area contributed by atoms with Crippen molar-refractivity contribution < 1.29 is 13.2 Å². The normalized spacial score (nSPS) is 11.6. The fraction of sp³-hybridized carbons (Fsp3) is 0.333. The van der Waals surface area contributed by atoms with Crippen LogP contribution in [0.4, 0.5) is 0 Å². The minimum absolute atomic E-state index is 0.0627. The van der Waals surface area contributed by atoms with Crippen molar-refractivity contribution >= 4 is 10.0 Å². The molecule has 0 spiro atoms. The minimum atomic E-state index is -3.62. The van der Waals surface area contributed by atoms with Crippen LogP contribution in [-0.2, 0) is 16.6 Å². The van der Waals surface area contributed by atoms with Gasteiger partial charge < -0.3 is 4.74 Å². The van der Waals surface area contributed by atoms with E-state index in [1.165, 1.54) is 6.33 Å². The standard InChI is InChI=1S/C12H16N4O3S/c1-8-4-10(19-3)5-9(2)12(8)20(17,18)15-6-11-13-7-14-16-11/h4-5,7,15H,6H2,1-3H3,(H,13,14,16). The Balaban J connectivity index is 2.29. The molecule has 0 amide bonds. The first-order valence-electron chi connectivity index (χ1n) is 5.93. The van der Waals surface area contributed by atoms with Gasteiger partial charge in [0.2, 0.25) is 10.0 Å². The van der Waals surface area contributed by atoms with Crippen LogP contribution >= 0.6 is 0 Å². The Labute approximate surface area is 117 Å². The summed E-state index contributed by atoms with van der Waals surface area (Å²) in [4.78, 5) is 4.13. The van der Waals surface area contributed by atoms with Gasteiger partial charge in [-0.05, 0) is 37.1 Å². The zero-order valence-electron chi connectivity index (χ0n) is 11.5. The van der Waals surface area contributed by atoms with Crippen LogP contribution in [-0.4, -0.2) is 30.7 Å². The molecule has 0 aliphatic rings. The second kappa shape index (κ2) is 5.59. The van der Waals surface area contributed by atoms with Gasteiger partial charge in [-0.1, -0.05) is 0 Å². The Bertz CT molecular complexity index is 672. The van der Waals surface area contributed by atoms with Crippen molar-refractivity contribution in [1.82, 2.24) is 19.9 Å². The summed E-state index contributed by atoms with van der Waals surface area (Å²) >= 11 is 0. The monoisotopic (exact) mass is 296 g/mol. The molecule has 0 fully saturated rings. The summed E-state index contributed by atoms with van der Waals surface area (Å²) in [6.07, 6.45) is 1.33. The molecule has 2 aromatic rings. The number of ether oxygens (including phenoxy) is 1. The highest BCUT2D eigenvalue weighted by Crippen LogP contribution is 2.25. The third-order valence-electron chi connectivity index (χ3n) is 2.83. The molecular weight excluding hydrogens is 280 g/mol. The Morgan fingerprint density at radius 2 is 1.95 bits per heavy atom. The van der Waals surface area contributed by atoms with Crippen molar-refractivity contribution in [3.8, 4) is 5.75 Å². The van der Waals surface area contributed by atoms with Crippen LogP contribution in [0.5, 0.6) is 5.75 Å². The molecule has 0 saturated carbocycles. The van der Waals surface area contributed by atoms with Crippen LogP contribution in [0, 0.1) is 13.8 Å². The first-order chi connectivity index (χ1) is 9.44. The van der Waals surface area contributed by atoms with E-state index < -0.39 is 10.0 Å². The predicted octanol–water partition coefficient (Wildman–Crippen LogP) is 0.909. The van der Waals surface area contributed by atoms with Crippen molar-refractivity contribution in [2.45, 2.75) is 25.3 Å². The van der Waals surface area contributed by atoms with Crippen LogP contribution in [0.25, 0.3) is 0 Å². The van der Waals surface area contributed by atoms with Gasteiger partial charge in [0.25, 0.3) is 0 Å². The number of rotatable bonds is 5. The van der Waals surface area contributed by atoms with Gasteiger partial charge in [-0.25, -0.2) is 18.1 Å². The van der Waals surface area contributed by atoms with E-state index in [2.05, 4.69) is 19.9 Å². The SMILES string of the molecule is COc1cc(C)c(S(=O)(=O)NCc2ncn[nH]2)c(C)c1. The number of aryl methyl sites for hydroxylation is 2. The Kier molecular flexibility index (Phi) is 4.05. The van der Waals surface area contributed by atoms with Crippen LogP contribution in [0.15, 0.2) is 23.4 Å². The maximum atomic E-state index is 12.4. The Morgan fingerprint density at radius 3 is 2.45 bits per heavy atom. The predicted molar refractivity (Wildman–Crippen MR) is 72.9 cm³/mol. The number of aromatic nitrogens is 3. The van der Waals surface area contributed by atoms with Crippen LogP contribution in [0.1, 0.15) is 17.0 Å². The van der Waals surface area contributed by atoms with Crippen LogP contribution < -0.4 is 9.46 Å². The van der Waals surface area contributed by atoms with E-state index >= 15 is 0 Å². The first kappa shape index (κ1) is 14.5. The van der Waals surface area contributed by atoms with Gasteiger partial charge in [-0.15, -0.1) is 0 Å². The Hall–Kier alpha value is -1.93. The summed E-state index contributed by atoms with van der Waals surface area (Å²) in [5, 5.41) is 6.27. The molecular formula is C12H16N4O3S. The molecule has 1 aromatic heterocycles. The van der Waals surface area contributed by atoms with Crippen molar-refractivity contribution in [2.75, 3.05) is 7.11 Å². The van der Waals surface area contributed by atoms with E-state index in [4.69, 9.17) is 4.74 Å². The van der Waals surface area contributed by atoms with E-state index in [9.17, 15) is 8.42 Å². The lowest BCUT2D eigenvalue weighted by Crippen LogP contribution is -2.25. The smallest absolute Gasteiger partial charge is 0.241 e. The zero-order valence-corrected chi connectivity index (χ0v) is 12.3. The highest BCUT2D eigenvalue weighted by atomic mass is 32.2. The van der Waals surface area contributed by atoms with Crippen LogP contribution in [0.2, 0.25) is 0 Å². The third-order valence-corrected chi connectivity index (χ3v) is 4.54. The molecule has 0 unspecified atom stereocenters. The number of H-pyrrole nitrogens is 1. The number of nitrogens with one attached hydrogen (secondary N) is 2. The van der Waals surface area contributed by atoms with Gasteiger partial charge in [0, 0.05) is 0 Å². The minimum Gasteiger partial charge on any atom is -0.497 e. The number of nitrogens with zero attached hydrogens (tertiary/aromatic N) is 2. The molecule has 2 N–H and O–H groups in total. The second-order valence-electron chi connectivity index (χ2n) is 4.35. The molecule has 1 aromatic carbocycles. The van der Waals surface area contributed by atoms with Crippen molar-refractivity contribution in [3.63, 3.8) is 0 Å². The molecule has 0 aliphatic carbocycles. The average Bonchev–Trinajstić information content (AvgIpc) is 2.88. The molecule has 0 bridgehead atoms. The molecule has 108 valence electrons. The van der Waals surface area contributed by atoms with Gasteiger partial charge in [-0.3, -0.25) is 5.10 Å². The van der Waals surface area contributed by atoms with Crippen molar-refractivity contribution in [3.05, 3.63) is 35.4 Å². The first-order valence-corrected chi connectivity index (χ1v) is 7.41. The molecule has 0 saturated heterocycles. The second-order valence-corrected chi connectivity index (χ2v) is 6.05. The number of methoxy groups -OCH3 is 1. The molecule has 8 heteroatoms. The van der Waals surface area contributed by atoms with E-state index in [0.29, 0.717) is 22.7 Å². The summed E-state index contributed by atoms with van der Waals surface area (Å²) in [5.41, 5.74) is 1.26. The summed E-state index contributed by atoms with van der Waals surface area (Å²) < 4.78 is 32.3. The number of aromatic amines is 1. The van der Waals surface area contributed by atoms with Gasteiger partial charge >= 0.3 is 0 Å². The maximum absolute atomic E-state index is 12.4. The van der Waals surface area contributed by atoms with E-state index in [1.807, 2.05) is 0 Å². The topological polar surface area (TPSA) is 97.0 Å². The zero-order chi connectivity index (χ0) is 14.8. The third kappa shape index (κ3) is 2.97. The number of hydrogen-bond donors (Lipinski definition) is 2. The number of benzene rings is 1. The molecule has 0 radical (unpaired) electrons. The van der Waals surface area contributed by atoms with E-state index in [0.717, 1.165) is 0 Å². The molecule has 0 aliphatic heterocycles. The Morgan fingerprint density at radius 1 is 1.30 bits per heavy atom. The summed E-state index contributed by atoms with van der Waals surface area (Å²) in [7, 11) is -2.07. The van der Waals surface area contributed by atoms with Crippen LogP contribution in [0.3, 0.4) is 0 Å². The summed E-state index contributed by atoms with van der Waals surface area (Å²) in [6.45, 7) is 3.53. The highest BCUT2D eigenvalue weighted by molar-refractivity contribution is 7.89. The summed E-state index contributed by atoms with van der Waals surface area (Å²) in [6, 6.07) is 3.38. The van der Waals surface area contributed by atoms with Crippen molar-refractivity contribution in [1.29, 1.82) is 0 Å². The van der Waals surface area contributed by atoms with E-state index in [-0.39, 0.29) is 11.4 Å². The molecule has 20 heavy (non-hydrogen) atoms. The number of hydrogen-bond acceptors (Lipinski definition) is 5. The van der Waals surface area contributed by atoms with Gasteiger partial charge in [-0.2, -0.15) is 5.10 Å². The van der Waals surface area contributed by atoms with Gasteiger partial charge in [0.15, 0.2) is 0 Å². The lowest BCUT2D eigenvalue weighted by Gasteiger charge is -2.13. The lowest BCUT2D eigenvalue weighted by molar-refractivity contribution is 0.413. The largest absolute Gasteiger partial charge is 0.497 e. The number of sulfonamides is 1. The van der Waals surface area contributed by atoms with Crippen molar-refractivity contribution in [2.24, 2.45) is 0 Å². The average molecular weight is 296 g/mol. The molecule has 0 atom stereocenters. The molecule has 7 nitrogen and oxygen atoms in total. The van der Waals surface area contributed by atoms with E-state index in [1.54, 1.807) is 33.1 Å². The maximum Gasteiger partial charge on any atom is 0.241 e. The fourth-order valence-electron chi connectivity index (χ4n) is 2.00. The lowest BCUT2D eigenvalue weighted by atomic mass is 10.1. The van der Waals surface area contributed by atoms with Gasteiger partial charge in [0.1, 0.15) is 17.9 Å². The quantitative estimate of drug-likeness (QED) is 0.854. The molecule has 1 heterocycles. The highest BCUT2D eigenvalue weighted by Gasteiger charge is 2.20. The summed E-state index contributed by atoms with van der Waals surface area (Å²) in [5.74, 6) is 1.09. The van der Waals surface area contributed by atoms with Gasteiger partial charge in [0.05, 0.1) is 18.6 Å². The molecule has 2 rings (SSSR count). The fourth-order valence-corrected chi connectivity index (χ4v) is 3.44.